The maximum atomic E-state index is 11.7. The van der Waals surface area contributed by atoms with Crippen LogP contribution < -0.4 is 5.32 Å². The Labute approximate surface area is 118 Å². The quantitative estimate of drug-likeness (QED) is 0.840. The van der Waals surface area contributed by atoms with Crippen molar-refractivity contribution >= 4 is 21.5 Å². The Kier molecular flexibility index (Phi) is 4.04. The number of rotatable bonds is 6. The lowest BCUT2D eigenvalue weighted by Crippen LogP contribution is -2.43. The van der Waals surface area contributed by atoms with Crippen LogP contribution in [0.15, 0.2) is 29.2 Å². The summed E-state index contributed by atoms with van der Waals surface area (Å²) in [6, 6.07) is 6.46. The Hall–Kier alpha value is -1.56. The van der Waals surface area contributed by atoms with E-state index in [1.165, 1.54) is 0 Å². The molecule has 20 heavy (non-hydrogen) atoms. The number of benzene rings is 1. The Morgan fingerprint density at radius 2 is 1.90 bits per heavy atom. The van der Waals surface area contributed by atoms with Crippen LogP contribution in [-0.4, -0.2) is 31.8 Å². The van der Waals surface area contributed by atoms with Crippen molar-refractivity contribution in [3.63, 3.8) is 0 Å². The Morgan fingerprint density at radius 3 is 2.30 bits per heavy atom. The van der Waals surface area contributed by atoms with E-state index in [1.54, 1.807) is 31.2 Å². The number of nitrogens with one attached hydrogen (secondary N) is 1. The molecule has 0 saturated heterocycles. The molecule has 1 fully saturated rings. The first-order chi connectivity index (χ1) is 9.39. The number of carboxylic acids is 1. The van der Waals surface area contributed by atoms with E-state index < -0.39 is 21.2 Å². The molecule has 0 bridgehead atoms. The van der Waals surface area contributed by atoms with E-state index in [2.05, 4.69) is 5.32 Å². The summed E-state index contributed by atoms with van der Waals surface area (Å²) in [7, 11) is -3.19. The van der Waals surface area contributed by atoms with Gasteiger partial charge < -0.3 is 10.4 Å². The van der Waals surface area contributed by atoms with Gasteiger partial charge in [-0.05, 0) is 37.1 Å². The molecule has 5 nitrogen and oxygen atoms in total. The standard InChI is InChI=1S/C14H19NO4S/c1-2-20(18,19)12-6-4-11(5-7-12)15-10-14(13(16)17)8-3-9-14/h4-7,15H,2-3,8-10H2,1H3,(H,16,17). The molecule has 0 atom stereocenters. The Morgan fingerprint density at radius 1 is 1.30 bits per heavy atom. The van der Waals surface area contributed by atoms with Gasteiger partial charge in [0.15, 0.2) is 9.84 Å². The summed E-state index contributed by atoms with van der Waals surface area (Å²) in [6.45, 7) is 1.98. The van der Waals surface area contributed by atoms with Crippen molar-refractivity contribution in [2.45, 2.75) is 31.1 Å². The molecular weight excluding hydrogens is 278 g/mol. The Balaban J connectivity index is 2.03. The molecule has 1 saturated carbocycles. The van der Waals surface area contributed by atoms with Gasteiger partial charge in [-0.2, -0.15) is 0 Å². The highest BCUT2D eigenvalue weighted by atomic mass is 32.2. The van der Waals surface area contributed by atoms with Crippen LogP contribution >= 0.6 is 0 Å². The van der Waals surface area contributed by atoms with Gasteiger partial charge in [-0.1, -0.05) is 13.3 Å². The summed E-state index contributed by atoms with van der Waals surface area (Å²) in [4.78, 5) is 11.5. The molecule has 1 aliphatic carbocycles. The first kappa shape index (κ1) is 14.8. The number of sulfone groups is 1. The van der Waals surface area contributed by atoms with Crippen LogP contribution in [0.3, 0.4) is 0 Å². The third-order valence-electron chi connectivity index (χ3n) is 3.99. The predicted molar refractivity (Wildman–Crippen MR) is 76.6 cm³/mol. The number of hydrogen-bond donors (Lipinski definition) is 2. The van der Waals surface area contributed by atoms with Crippen molar-refractivity contribution in [1.29, 1.82) is 0 Å². The molecule has 0 spiro atoms. The van der Waals surface area contributed by atoms with E-state index in [0.29, 0.717) is 24.3 Å². The summed E-state index contributed by atoms with van der Waals surface area (Å²) in [5, 5.41) is 12.3. The fourth-order valence-electron chi connectivity index (χ4n) is 2.29. The van der Waals surface area contributed by atoms with Crippen LogP contribution in [-0.2, 0) is 14.6 Å². The van der Waals surface area contributed by atoms with Crippen molar-refractivity contribution in [1.82, 2.24) is 0 Å². The van der Waals surface area contributed by atoms with Crippen LogP contribution in [0.25, 0.3) is 0 Å². The summed E-state index contributed by atoms with van der Waals surface area (Å²) in [5.74, 6) is -0.691. The third kappa shape index (κ3) is 2.80. The molecule has 1 aromatic rings. The largest absolute Gasteiger partial charge is 0.481 e. The monoisotopic (exact) mass is 297 g/mol. The summed E-state index contributed by atoms with van der Waals surface area (Å²) >= 11 is 0. The molecule has 0 unspecified atom stereocenters. The summed E-state index contributed by atoms with van der Waals surface area (Å²) in [6.07, 6.45) is 2.33. The summed E-state index contributed by atoms with van der Waals surface area (Å²) in [5.41, 5.74) is 0.0846. The van der Waals surface area contributed by atoms with E-state index in [0.717, 1.165) is 12.1 Å². The van der Waals surface area contributed by atoms with Gasteiger partial charge in [-0.3, -0.25) is 4.79 Å². The number of carbonyl (C=O) groups is 1. The first-order valence-corrected chi connectivity index (χ1v) is 8.35. The smallest absolute Gasteiger partial charge is 0.311 e. The second-order valence-electron chi connectivity index (χ2n) is 5.22. The van der Waals surface area contributed by atoms with E-state index in [-0.39, 0.29) is 5.75 Å². The van der Waals surface area contributed by atoms with Crippen molar-refractivity contribution in [2.75, 3.05) is 17.6 Å². The molecule has 0 aliphatic heterocycles. The topological polar surface area (TPSA) is 83.5 Å². The van der Waals surface area contributed by atoms with Gasteiger partial charge in [0.2, 0.25) is 0 Å². The van der Waals surface area contributed by atoms with Gasteiger partial charge in [-0.25, -0.2) is 8.42 Å². The maximum Gasteiger partial charge on any atom is 0.311 e. The third-order valence-corrected chi connectivity index (χ3v) is 5.74. The zero-order valence-electron chi connectivity index (χ0n) is 11.4. The van der Waals surface area contributed by atoms with E-state index in [1.807, 2.05) is 0 Å². The lowest BCUT2D eigenvalue weighted by atomic mass is 9.69. The molecule has 2 N–H and O–H groups in total. The van der Waals surface area contributed by atoms with Crippen molar-refractivity contribution in [3.8, 4) is 0 Å². The SMILES string of the molecule is CCS(=O)(=O)c1ccc(NCC2(C(=O)O)CCC2)cc1. The van der Waals surface area contributed by atoms with Crippen LogP contribution in [0.1, 0.15) is 26.2 Å². The highest BCUT2D eigenvalue weighted by molar-refractivity contribution is 7.91. The zero-order chi connectivity index (χ0) is 14.8. The molecule has 1 aromatic carbocycles. The van der Waals surface area contributed by atoms with Crippen molar-refractivity contribution in [2.24, 2.45) is 5.41 Å². The molecule has 1 aliphatic rings. The second kappa shape index (κ2) is 5.44. The fraction of sp³-hybridized carbons (Fsp3) is 0.500. The lowest BCUT2D eigenvalue weighted by Gasteiger charge is -2.37. The number of anilines is 1. The van der Waals surface area contributed by atoms with Crippen LogP contribution in [0.5, 0.6) is 0 Å². The van der Waals surface area contributed by atoms with E-state index in [9.17, 15) is 18.3 Å². The van der Waals surface area contributed by atoms with Gasteiger partial charge in [0.1, 0.15) is 0 Å². The average molecular weight is 297 g/mol. The van der Waals surface area contributed by atoms with E-state index in [4.69, 9.17) is 0 Å². The normalized spacial score (nSPS) is 17.2. The fourth-order valence-corrected chi connectivity index (χ4v) is 3.17. The van der Waals surface area contributed by atoms with Crippen LogP contribution in [0.2, 0.25) is 0 Å². The van der Waals surface area contributed by atoms with E-state index >= 15 is 0 Å². The van der Waals surface area contributed by atoms with Crippen LogP contribution in [0, 0.1) is 5.41 Å². The Bertz CT molecular complexity index is 588. The highest BCUT2D eigenvalue weighted by Gasteiger charge is 2.44. The van der Waals surface area contributed by atoms with Gasteiger partial charge in [0, 0.05) is 12.2 Å². The molecule has 0 heterocycles. The molecule has 0 radical (unpaired) electrons. The minimum absolute atomic E-state index is 0.0713. The number of carboxylic acid groups (broad SMARTS) is 1. The lowest BCUT2D eigenvalue weighted by molar-refractivity contribution is -0.153. The molecule has 0 aromatic heterocycles. The second-order valence-corrected chi connectivity index (χ2v) is 7.50. The molecule has 2 rings (SSSR count). The number of aliphatic carboxylic acids is 1. The highest BCUT2D eigenvalue weighted by Crippen LogP contribution is 2.41. The van der Waals surface area contributed by atoms with Crippen LogP contribution in [0.4, 0.5) is 5.69 Å². The minimum atomic E-state index is -3.19. The molecule has 6 heteroatoms. The predicted octanol–water partition coefficient (Wildman–Crippen LogP) is 2.15. The molecule has 110 valence electrons. The average Bonchev–Trinajstić information content (AvgIpc) is 2.37. The molecule has 0 amide bonds. The van der Waals surface area contributed by atoms with Gasteiger partial charge in [0.25, 0.3) is 0 Å². The maximum absolute atomic E-state index is 11.7. The molecular formula is C14H19NO4S. The van der Waals surface area contributed by atoms with Gasteiger partial charge >= 0.3 is 5.97 Å². The van der Waals surface area contributed by atoms with Gasteiger partial charge in [-0.15, -0.1) is 0 Å². The minimum Gasteiger partial charge on any atom is -0.481 e. The summed E-state index contributed by atoms with van der Waals surface area (Å²) < 4.78 is 23.4. The zero-order valence-corrected chi connectivity index (χ0v) is 12.2. The number of hydrogen-bond acceptors (Lipinski definition) is 4. The van der Waals surface area contributed by atoms with Crippen molar-refractivity contribution < 1.29 is 18.3 Å². The first-order valence-electron chi connectivity index (χ1n) is 6.70. The van der Waals surface area contributed by atoms with Crippen molar-refractivity contribution in [3.05, 3.63) is 24.3 Å². The van der Waals surface area contributed by atoms with Gasteiger partial charge in [0.05, 0.1) is 16.1 Å².